The summed E-state index contributed by atoms with van der Waals surface area (Å²) < 4.78 is 6.09. The molecule has 7 atom stereocenters. The normalized spacial score (nSPS) is 27.8. The second-order valence-corrected chi connectivity index (χ2v) is 6.32. The monoisotopic (exact) mass is 402 g/mol. The smallest absolute Gasteiger partial charge is 0.330 e. The van der Waals surface area contributed by atoms with E-state index in [1.54, 1.807) is 6.92 Å². The van der Waals surface area contributed by atoms with E-state index in [1.807, 2.05) is 4.98 Å². The Hall–Kier alpha value is -2.58. The van der Waals surface area contributed by atoms with Crippen LogP contribution in [0.2, 0.25) is 0 Å². The highest BCUT2D eigenvalue weighted by molar-refractivity contribution is 5.87. The van der Waals surface area contributed by atoms with E-state index in [0.29, 0.717) is 0 Å². The molecule has 1 saturated heterocycles. The Bertz CT molecular complexity index is 837. The van der Waals surface area contributed by atoms with Gasteiger partial charge in [-0.15, -0.1) is 0 Å². The number of nitrogens with zero attached hydrogens (tertiary/aromatic N) is 1. The average Bonchev–Trinajstić information content (AvgIpc) is 2.93. The molecule has 0 spiro atoms. The quantitative estimate of drug-likeness (QED) is 0.233. The van der Waals surface area contributed by atoms with E-state index >= 15 is 0 Å². The first kappa shape index (κ1) is 21.7. The highest BCUT2D eigenvalue weighted by Crippen LogP contribution is 2.30. The number of aliphatic hydroxyl groups is 3. The van der Waals surface area contributed by atoms with E-state index in [2.05, 4.69) is 5.32 Å². The van der Waals surface area contributed by atoms with Crippen LogP contribution < -0.4 is 22.3 Å². The van der Waals surface area contributed by atoms with E-state index in [1.165, 1.54) is 0 Å². The molecule has 0 bridgehead atoms. The molecule has 13 nitrogen and oxygen atoms in total. The molecule has 156 valence electrons. The van der Waals surface area contributed by atoms with Gasteiger partial charge < -0.3 is 36.2 Å². The maximum atomic E-state index is 12.1. The Morgan fingerprint density at radius 1 is 1.36 bits per heavy atom. The number of nitrogens with two attached hydrogens (primary N) is 1. The number of aliphatic hydroxyl groups excluding tert-OH is 3. The molecule has 1 aliphatic rings. The number of H-pyrrole nitrogens is 1. The molecule has 1 unspecified atom stereocenters. The van der Waals surface area contributed by atoms with Crippen LogP contribution in [0.4, 0.5) is 0 Å². The molecule has 1 fully saturated rings. The zero-order chi connectivity index (χ0) is 21.2. The summed E-state index contributed by atoms with van der Waals surface area (Å²) >= 11 is 0. The number of aromatic nitrogens is 2. The number of hydrogen-bond donors (Lipinski definition) is 7. The number of ether oxygens (including phenoxy) is 1. The van der Waals surface area contributed by atoms with Gasteiger partial charge in [0.2, 0.25) is 5.91 Å². The number of rotatable bonds is 7. The van der Waals surface area contributed by atoms with Crippen molar-refractivity contribution in [2.75, 3.05) is 0 Å². The molecule has 1 aromatic heterocycles. The molecule has 8 N–H and O–H groups in total. The Morgan fingerprint density at radius 2 is 2.00 bits per heavy atom. The number of carbonyl (C=O) groups is 2. The molecule has 0 aliphatic carbocycles. The third kappa shape index (κ3) is 4.28. The highest BCUT2D eigenvalue weighted by atomic mass is 16.6. The lowest BCUT2D eigenvalue weighted by Gasteiger charge is -2.25. The van der Waals surface area contributed by atoms with Crippen molar-refractivity contribution in [1.29, 1.82) is 0 Å². The fraction of sp³-hybridized carbons (Fsp3) is 0.600. The topological polar surface area (TPSA) is 217 Å². The van der Waals surface area contributed by atoms with Gasteiger partial charge in [0.15, 0.2) is 12.3 Å². The maximum absolute atomic E-state index is 12.1. The van der Waals surface area contributed by atoms with Crippen LogP contribution in [-0.4, -0.2) is 78.4 Å². The standard InChI is InChI=1S/C15H22N4O9/c1-2-5(20)7(16)12(24)18-8(14(25)26)11-9(22)10(23)13(28-11)19-4-3-6(21)17-15(19)27/h3-5,7-11,13,20,22-23H,2,16H2,1H3,(H,18,24)(H,25,26)(H,17,21,27)/t5-,7?,8+,9+,10-,11-,13-/m1/s1. The molecule has 2 heterocycles. The third-order valence-electron chi connectivity index (χ3n) is 4.43. The summed E-state index contributed by atoms with van der Waals surface area (Å²) in [4.78, 5) is 48.6. The summed E-state index contributed by atoms with van der Waals surface area (Å²) in [5.41, 5.74) is 3.89. The third-order valence-corrected chi connectivity index (χ3v) is 4.43. The van der Waals surface area contributed by atoms with Crippen LogP contribution in [0, 0.1) is 0 Å². The summed E-state index contributed by atoms with van der Waals surface area (Å²) in [6.45, 7) is 1.57. The number of nitrogens with one attached hydrogen (secondary N) is 2. The van der Waals surface area contributed by atoms with Gasteiger partial charge in [0, 0.05) is 12.3 Å². The summed E-state index contributed by atoms with van der Waals surface area (Å²) in [6, 6.07) is -2.29. The van der Waals surface area contributed by atoms with Crippen LogP contribution in [0.1, 0.15) is 19.6 Å². The Morgan fingerprint density at radius 3 is 2.54 bits per heavy atom. The van der Waals surface area contributed by atoms with Gasteiger partial charge in [0.25, 0.3) is 5.56 Å². The molecular formula is C15H22N4O9. The van der Waals surface area contributed by atoms with Gasteiger partial charge in [-0.3, -0.25) is 19.1 Å². The Labute approximate surface area is 157 Å². The van der Waals surface area contributed by atoms with E-state index in [4.69, 9.17) is 10.5 Å². The van der Waals surface area contributed by atoms with Crippen molar-refractivity contribution in [3.05, 3.63) is 33.1 Å². The summed E-state index contributed by atoms with van der Waals surface area (Å²) in [6.07, 6.45) is -6.76. The number of carboxylic acids is 1. The molecular weight excluding hydrogens is 380 g/mol. The zero-order valence-corrected chi connectivity index (χ0v) is 14.8. The van der Waals surface area contributed by atoms with Gasteiger partial charge in [-0.25, -0.2) is 9.59 Å². The molecule has 28 heavy (non-hydrogen) atoms. The lowest BCUT2D eigenvalue weighted by Crippen LogP contribution is -2.58. The van der Waals surface area contributed by atoms with Crippen molar-refractivity contribution in [3.8, 4) is 0 Å². The summed E-state index contributed by atoms with van der Waals surface area (Å²) in [5, 5.41) is 41.5. The van der Waals surface area contributed by atoms with Crippen LogP contribution in [0.3, 0.4) is 0 Å². The minimum atomic E-state index is -1.84. The minimum Gasteiger partial charge on any atom is -0.480 e. The predicted molar refractivity (Wildman–Crippen MR) is 91.1 cm³/mol. The minimum absolute atomic E-state index is 0.144. The maximum Gasteiger partial charge on any atom is 0.330 e. The van der Waals surface area contributed by atoms with Crippen LogP contribution in [0.15, 0.2) is 21.9 Å². The van der Waals surface area contributed by atoms with Gasteiger partial charge >= 0.3 is 11.7 Å². The molecule has 13 heteroatoms. The molecule has 1 amide bonds. The highest BCUT2D eigenvalue weighted by Gasteiger charge is 2.50. The second kappa shape index (κ2) is 8.62. The molecule has 1 aromatic rings. The van der Waals surface area contributed by atoms with Crippen LogP contribution >= 0.6 is 0 Å². The van der Waals surface area contributed by atoms with E-state index < -0.39 is 65.9 Å². The number of aromatic amines is 1. The second-order valence-electron chi connectivity index (χ2n) is 6.32. The van der Waals surface area contributed by atoms with Gasteiger partial charge in [0.05, 0.1) is 6.10 Å². The SMILES string of the molecule is CC[C@@H](O)C(N)C(=O)N[C@H](C(=O)O)[C@H]1O[C@@H](n2ccc(=O)[nH]c2=O)[C@H](O)[C@@H]1O. The number of amides is 1. The fourth-order valence-corrected chi connectivity index (χ4v) is 2.78. The number of carbonyl (C=O) groups excluding carboxylic acids is 1. The summed E-state index contributed by atoms with van der Waals surface area (Å²) in [5.74, 6) is -2.60. The van der Waals surface area contributed by atoms with E-state index in [-0.39, 0.29) is 6.42 Å². The van der Waals surface area contributed by atoms with Gasteiger partial charge in [0.1, 0.15) is 24.4 Å². The molecule has 2 rings (SSSR count). The number of carboxylic acid groups (broad SMARTS) is 1. The van der Waals surface area contributed by atoms with Crippen molar-refractivity contribution in [3.63, 3.8) is 0 Å². The molecule has 0 radical (unpaired) electrons. The number of hydrogen-bond acceptors (Lipinski definition) is 9. The van der Waals surface area contributed by atoms with Gasteiger partial charge in [-0.2, -0.15) is 0 Å². The molecule has 0 aromatic carbocycles. The number of aliphatic carboxylic acids is 1. The molecule has 0 saturated carbocycles. The van der Waals surface area contributed by atoms with E-state index in [0.717, 1.165) is 16.8 Å². The largest absolute Gasteiger partial charge is 0.480 e. The molecule has 1 aliphatic heterocycles. The first-order valence-corrected chi connectivity index (χ1v) is 8.38. The van der Waals surface area contributed by atoms with Crippen molar-refractivity contribution >= 4 is 11.9 Å². The lowest BCUT2D eigenvalue weighted by atomic mass is 10.0. The van der Waals surface area contributed by atoms with E-state index in [9.17, 15) is 39.6 Å². The first-order valence-electron chi connectivity index (χ1n) is 8.38. The summed E-state index contributed by atoms with van der Waals surface area (Å²) in [7, 11) is 0. The average molecular weight is 402 g/mol. The first-order chi connectivity index (χ1) is 13.1. The van der Waals surface area contributed by atoms with Gasteiger partial charge in [-0.05, 0) is 6.42 Å². The van der Waals surface area contributed by atoms with Crippen molar-refractivity contribution in [2.24, 2.45) is 5.73 Å². The van der Waals surface area contributed by atoms with Gasteiger partial charge in [-0.1, -0.05) is 6.92 Å². The Balaban J connectivity index is 2.25. The van der Waals surface area contributed by atoms with Crippen molar-refractivity contribution < 1.29 is 34.8 Å². The van der Waals surface area contributed by atoms with Crippen LogP contribution in [-0.2, 0) is 14.3 Å². The van der Waals surface area contributed by atoms with Crippen LogP contribution in [0.5, 0.6) is 0 Å². The fourth-order valence-electron chi connectivity index (χ4n) is 2.78. The van der Waals surface area contributed by atoms with Crippen LogP contribution in [0.25, 0.3) is 0 Å². The predicted octanol–water partition coefficient (Wildman–Crippen LogP) is -4.18. The van der Waals surface area contributed by atoms with Crippen molar-refractivity contribution in [2.45, 2.75) is 56.1 Å². The zero-order valence-electron chi connectivity index (χ0n) is 14.8. The lowest BCUT2D eigenvalue weighted by molar-refractivity contribution is -0.149. The Kier molecular flexibility index (Phi) is 6.69. The van der Waals surface area contributed by atoms with Crippen molar-refractivity contribution in [1.82, 2.24) is 14.9 Å².